The minimum atomic E-state index is -0.492. The number of carbonyl (C=O) groups excluding carboxylic acids is 1. The summed E-state index contributed by atoms with van der Waals surface area (Å²) < 4.78 is 8.32. The SMILES string of the molecule is Cc1cc(Br)c(NC(=O)/C(C#N)=C/c2cccc(OCc3ccc(Br)cc3)c2)c(Br)c1. The van der Waals surface area contributed by atoms with Crippen LogP contribution in [0.15, 0.2) is 79.7 Å². The first kappa shape index (κ1) is 23.3. The van der Waals surface area contributed by atoms with Crippen molar-refractivity contribution in [1.82, 2.24) is 0 Å². The second kappa shape index (κ2) is 10.8. The standard InChI is InChI=1S/C24H17Br3N2O2/c1-15-9-21(26)23(22(27)10-15)29-24(30)18(13-28)11-17-3-2-4-20(12-17)31-14-16-5-7-19(25)8-6-16/h2-12H,14H2,1H3,(H,29,30)/b18-11+. The first-order valence-electron chi connectivity index (χ1n) is 9.22. The molecule has 3 aromatic carbocycles. The maximum atomic E-state index is 12.7. The molecule has 0 bridgehead atoms. The number of anilines is 1. The summed E-state index contributed by atoms with van der Waals surface area (Å²) in [5.41, 5.74) is 3.33. The van der Waals surface area contributed by atoms with Crippen LogP contribution in [-0.4, -0.2) is 5.91 Å². The van der Waals surface area contributed by atoms with Gasteiger partial charge >= 0.3 is 0 Å². The first-order valence-corrected chi connectivity index (χ1v) is 11.6. The number of halogens is 3. The van der Waals surface area contributed by atoms with Crippen LogP contribution in [0.25, 0.3) is 6.08 Å². The van der Waals surface area contributed by atoms with Crippen LogP contribution in [0.1, 0.15) is 16.7 Å². The second-order valence-corrected chi connectivity index (χ2v) is 9.34. The van der Waals surface area contributed by atoms with E-state index in [1.807, 2.05) is 67.6 Å². The molecule has 0 saturated heterocycles. The molecule has 0 aliphatic carbocycles. The van der Waals surface area contributed by atoms with Gasteiger partial charge in [-0.3, -0.25) is 4.79 Å². The van der Waals surface area contributed by atoms with Gasteiger partial charge in [0.2, 0.25) is 0 Å². The zero-order valence-electron chi connectivity index (χ0n) is 16.5. The third-order valence-electron chi connectivity index (χ3n) is 4.28. The summed E-state index contributed by atoms with van der Waals surface area (Å²) in [6.45, 7) is 2.37. The first-order chi connectivity index (χ1) is 14.9. The van der Waals surface area contributed by atoms with Crippen molar-refractivity contribution in [2.45, 2.75) is 13.5 Å². The molecule has 1 amide bonds. The Labute approximate surface area is 206 Å². The topological polar surface area (TPSA) is 62.1 Å². The summed E-state index contributed by atoms with van der Waals surface area (Å²) in [5.74, 6) is 0.160. The molecule has 4 nitrogen and oxygen atoms in total. The third-order valence-corrected chi connectivity index (χ3v) is 6.06. The van der Waals surface area contributed by atoms with E-state index in [0.717, 1.165) is 24.5 Å². The van der Waals surface area contributed by atoms with Crippen molar-refractivity contribution in [3.63, 3.8) is 0 Å². The normalized spacial score (nSPS) is 11.0. The number of ether oxygens (including phenoxy) is 1. The van der Waals surface area contributed by atoms with Crippen LogP contribution in [0, 0.1) is 18.3 Å². The predicted molar refractivity (Wildman–Crippen MR) is 134 cm³/mol. The van der Waals surface area contributed by atoms with Gasteiger partial charge in [0.05, 0.1) is 5.69 Å². The van der Waals surface area contributed by atoms with Gasteiger partial charge < -0.3 is 10.1 Å². The monoisotopic (exact) mass is 602 g/mol. The van der Waals surface area contributed by atoms with Gasteiger partial charge in [0.15, 0.2) is 0 Å². The van der Waals surface area contributed by atoms with E-state index in [1.165, 1.54) is 6.08 Å². The van der Waals surface area contributed by atoms with Crippen molar-refractivity contribution in [2.24, 2.45) is 0 Å². The molecule has 0 spiro atoms. The summed E-state index contributed by atoms with van der Waals surface area (Å²) in [4.78, 5) is 12.7. The minimum absolute atomic E-state index is 0.00978. The third kappa shape index (κ3) is 6.54. The van der Waals surface area contributed by atoms with Crippen LogP contribution in [-0.2, 0) is 11.4 Å². The molecule has 0 aromatic heterocycles. The molecule has 31 heavy (non-hydrogen) atoms. The summed E-state index contributed by atoms with van der Waals surface area (Å²) in [6, 6.07) is 20.9. The molecule has 0 aliphatic rings. The van der Waals surface area contributed by atoms with E-state index >= 15 is 0 Å². The fraction of sp³-hybridized carbons (Fsp3) is 0.0833. The van der Waals surface area contributed by atoms with E-state index in [9.17, 15) is 10.1 Å². The lowest BCUT2D eigenvalue weighted by Crippen LogP contribution is -2.14. The van der Waals surface area contributed by atoms with Crippen molar-refractivity contribution in [2.75, 3.05) is 5.32 Å². The van der Waals surface area contributed by atoms with Gasteiger partial charge in [-0.15, -0.1) is 0 Å². The van der Waals surface area contributed by atoms with Gasteiger partial charge in [-0.25, -0.2) is 0 Å². The molecule has 3 aromatic rings. The number of rotatable bonds is 6. The summed E-state index contributed by atoms with van der Waals surface area (Å²) >= 11 is 10.3. The Hall–Kier alpha value is -2.40. The lowest BCUT2D eigenvalue weighted by molar-refractivity contribution is -0.112. The molecule has 3 rings (SSSR count). The van der Waals surface area contributed by atoms with Gasteiger partial charge in [0.1, 0.15) is 24.0 Å². The molecule has 0 radical (unpaired) electrons. The summed E-state index contributed by atoms with van der Waals surface area (Å²) in [6.07, 6.45) is 1.54. The molecule has 0 fully saturated rings. The van der Waals surface area contributed by atoms with Crippen molar-refractivity contribution < 1.29 is 9.53 Å². The number of nitrogens with zero attached hydrogens (tertiary/aromatic N) is 1. The molecular weight excluding hydrogens is 588 g/mol. The van der Waals surface area contributed by atoms with Gasteiger partial charge in [-0.2, -0.15) is 5.26 Å². The average Bonchev–Trinajstić information content (AvgIpc) is 2.74. The predicted octanol–water partition coefficient (Wildman–Crippen LogP) is 7.41. The van der Waals surface area contributed by atoms with Crippen LogP contribution < -0.4 is 10.1 Å². The molecule has 1 N–H and O–H groups in total. The molecule has 7 heteroatoms. The van der Waals surface area contributed by atoms with Gasteiger partial charge in [-0.05, 0) is 97.9 Å². The Balaban J connectivity index is 1.74. The largest absolute Gasteiger partial charge is 0.489 e. The van der Waals surface area contributed by atoms with Crippen LogP contribution in [0.4, 0.5) is 5.69 Å². The maximum Gasteiger partial charge on any atom is 0.266 e. The molecule has 0 aliphatic heterocycles. The van der Waals surface area contributed by atoms with Crippen LogP contribution in [0.2, 0.25) is 0 Å². The fourth-order valence-electron chi connectivity index (χ4n) is 2.76. The van der Waals surface area contributed by atoms with Crippen molar-refractivity contribution in [3.05, 3.63) is 96.3 Å². The van der Waals surface area contributed by atoms with Gasteiger partial charge in [0, 0.05) is 13.4 Å². The highest BCUT2D eigenvalue weighted by atomic mass is 79.9. The quantitative estimate of drug-likeness (QED) is 0.235. The lowest BCUT2D eigenvalue weighted by atomic mass is 10.1. The smallest absolute Gasteiger partial charge is 0.266 e. The maximum absolute atomic E-state index is 12.7. The Morgan fingerprint density at radius 3 is 2.39 bits per heavy atom. The van der Waals surface area contributed by atoms with Crippen LogP contribution >= 0.6 is 47.8 Å². The number of aryl methyl sites for hydroxylation is 1. The van der Waals surface area contributed by atoms with Crippen molar-refractivity contribution in [3.8, 4) is 11.8 Å². The highest BCUT2D eigenvalue weighted by molar-refractivity contribution is 9.11. The lowest BCUT2D eigenvalue weighted by Gasteiger charge is -2.10. The molecule has 156 valence electrons. The number of nitrogens with one attached hydrogen (secondary N) is 1. The number of hydrogen-bond donors (Lipinski definition) is 1. The molecule has 0 heterocycles. The second-order valence-electron chi connectivity index (χ2n) is 6.72. The molecule has 0 atom stereocenters. The van der Waals surface area contributed by atoms with E-state index in [2.05, 4.69) is 53.1 Å². The Kier molecular flexibility index (Phi) is 8.08. The Morgan fingerprint density at radius 2 is 1.74 bits per heavy atom. The number of benzene rings is 3. The zero-order chi connectivity index (χ0) is 22.4. The van der Waals surface area contributed by atoms with Crippen LogP contribution in [0.5, 0.6) is 5.75 Å². The number of amides is 1. The average molecular weight is 605 g/mol. The number of nitriles is 1. The van der Waals surface area contributed by atoms with Crippen molar-refractivity contribution in [1.29, 1.82) is 5.26 Å². The zero-order valence-corrected chi connectivity index (χ0v) is 21.2. The van der Waals surface area contributed by atoms with E-state index in [-0.39, 0.29) is 5.57 Å². The van der Waals surface area contributed by atoms with E-state index in [1.54, 1.807) is 6.07 Å². The summed E-state index contributed by atoms with van der Waals surface area (Å²) in [7, 11) is 0. The minimum Gasteiger partial charge on any atom is -0.489 e. The highest BCUT2D eigenvalue weighted by Gasteiger charge is 2.14. The van der Waals surface area contributed by atoms with E-state index in [0.29, 0.717) is 23.6 Å². The highest BCUT2D eigenvalue weighted by Crippen LogP contribution is 2.32. The van der Waals surface area contributed by atoms with Crippen molar-refractivity contribution >= 4 is 65.5 Å². The molecule has 0 saturated carbocycles. The molecular formula is C24H17Br3N2O2. The van der Waals surface area contributed by atoms with Gasteiger partial charge in [0.25, 0.3) is 5.91 Å². The number of carbonyl (C=O) groups is 1. The van der Waals surface area contributed by atoms with E-state index < -0.39 is 5.91 Å². The molecule has 0 unspecified atom stereocenters. The summed E-state index contributed by atoms with van der Waals surface area (Å²) in [5, 5.41) is 12.3. The Bertz CT molecular complexity index is 1160. The van der Waals surface area contributed by atoms with Gasteiger partial charge in [-0.1, -0.05) is 40.2 Å². The fourth-order valence-corrected chi connectivity index (χ4v) is 4.63. The van der Waals surface area contributed by atoms with E-state index in [4.69, 9.17) is 4.74 Å². The number of hydrogen-bond acceptors (Lipinski definition) is 3. The van der Waals surface area contributed by atoms with Crippen LogP contribution in [0.3, 0.4) is 0 Å². The Morgan fingerprint density at radius 1 is 1.06 bits per heavy atom.